The van der Waals surface area contributed by atoms with Crippen molar-refractivity contribution < 1.29 is 21.2 Å². The summed E-state index contributed by atoms with van der Waals surface area (Å²) in [5.41, 5.74) is 2.27. The zero-order chi connectivity index (χ0) is 44.9. The number of benzene rings is 3. The Kier molecular flexibility index (Phi) is 15.0. The lowest BCUT2D eigenvalue weighted by atomic mass is 10.1. The Morgan fingerprint density at radius 3 is 1.52 bits per heavy atom. The first-order chi connectivity index (χ1) is 29.4. The molecule has 0 radical (unpaired) electrons. The molecule has 14 nitrogen and oxygen atoms in total. The molecule has 0 N–H and O–H groups in total. The SMILES string of the molecule is CC(C)S(=O)(=O)N1CCN(c2cnn(-c3cccc(Cl)c3)c(=O)c2Br)CC1.CC(C)S(=O)(=O)N1CCN(c2cnn(-c3cccc(Cl)c3)c(=O)c2C#Cc2ccc(F)cc2)CC1. The molecule has 2 aliphatic heterocycles. The molecule has 0 amide bonds. The van der Waals surface area contributed by atoms with Crippen molar-refractivity contribution in [2.45, 2.75) is 38.2 Å². The zero-order valence-electron chi connectivity index (χ0n) is 34.3. The van der Waals surface area contributed by atoms with Gasteiger partial charge in [-0.15, -0.1) is 0 Å². The fourth-order valence-corrected chi connectivity index (χ4v) is 10.1. The van der Waals surface area contributed by atoms with E-state index in [4.69, 9.17) is 23.2 Å². The van der Waals surface area contributed by atoms with Crippen LogP contribution in [0.4, 0.5) is 15.8 Å². The Labute approximate surface area is 378 Å². The summed E-state index contributed by atoms with van der Waals surface area (Å²) >= 11 is 15.5. The molecule has 3 aromatic carbocycles. The molecule has 2 fully saturated rings. The van der Waals surface area contributed by atoms with E-state index in [0.717, 1.165) is 0 Å². The largest absolute Gasteiger partial charge is 0.367 e. The average molecular weight is 991 g/mol. The van der Waals surface area contributed by atoms with Gasteiger partial charge in [-0.1, -0.05) is 47.2 Å². The van der Waals surface area contributed by atoms with Crippen LogP contribution in [-0.2, 0) is 20.0 Å². The number of rotatable bonds is 8. The van der Waals surface area contributed by atoms with Gasteiger partial charge in [-0.25, -0.2) is 21.2 Å². The number of piperazine rings is 2. The molecule has 2 aromatic heterocycles. The second kappa shape index (κ2) is 19.8. The second-order valence-electron chi connectivity index (χ2n) is 14.9. The van der Waals surface area contributed by atoms with Crippen molar-refractivity contribution in [2.75, 3.05) is 62.2 Å². The van der Waals surface area contributed by atoms with Crippen LogP contribution in [0.1, 0.15) is 38.8 Å². The Bertz CT molecular complexity index is 2840. The number of nitrogens with zero attached hydrogens (tertiary/aromatic N) is 8. The van der Waals surface area contributed by atoms with Crippen LogP contribution in [0.15, 0.2) is 99.3 Å². The number of anilines is 2. The van der Waals surface area contributed by atoms with Crippen molar-refractivity contribution in [1.29, 1.82) is 0 Å². The maximum absolute atomic E-state index is 13.5. The van der Waals surface area contributed by atoms with Gasteiger partial charge >= 0.3 is 0 Å². The molecule has 0 unspecified atom stereocenters. The quantitative estimate of drug-likeness (QED) is 0.175. The van der Waals surface area contributed by atoms with Crippen LogP contribution in [-0.4, -0.2) is 108 Å². The first kappa shape index (κ1) is 46.9. The lowest BCUT2D eigenvalue weighted by molar-refractivity contribution is 0.380. The molecule has 62 heavy (non-hydrogen) atoms. The standard InChI is InChI=1S/C25H24ClFN4O3S.C17H20BrClN4O3S/c1-18(2)35(33,34)30-14-12-29(13-15-30)24-17-28-31(22-5-3-4-20(26)16-22)25(32)23(24)11-8-19-6-9-21(27)10-7-19;1-12(2)27(25,26)22-8-6-21(7-9-22)15-11-20-23(17(24)16(15)18)14-5-3-4-13(19)10-14/h3-7,9-10,16-18H,12-15H2,1-2H3;3-5,10-12H,6-9H2,1-2H3. The lowest BCUT2D eigenvalue weighted by Crippen LogP contribution is -2.51. The first-order valence-electron chi connectivity index (χ1n) is 19.6. The normalized spacial score (nSPS) is 15.3. The number of aromatic nitrogens is 4. The molecule has 0 aliphatic carbocycles. The molecule has 0 saturated carbocycles. The lowest BCUT2D eigenvalue weighted by Gasteiger charge is -2.36. The van der Waals surface area contributed by atoms with E-state index in [9.17, 15) is 30.8 Å². The molecule has 0 bridgehead atoms. The van der Waals surface area contributed by atoms with Gasteiger partial charge in [0.15, 0.2) is 0 Å². The highest BCUT2D eigenvalue weighted by Gasteiger charge is 2.32. The fraction of sp³-hybridized carbons (Fsp3) is 0.333. The van der Waals surface area contributed by atoms with Crippen molar-refractivity contribution >= 4 is 70.6 Å². The Hall–Kier alpha value is -4.61. The van der Waals surface area contributed by atoms with Crippen LogP contribution in [0, 0.1) is 17.7 Å². The van der Waals surface area contributed by atoms with Crippen molar-refractivity contribution in [1.82, 2.24) is 28.2 Å². The van der Waals surface area contributed by atoms with E-state index >= 15 is 0 Å². The molecule has 2 saturated heterocycles. The Morgan fingerprint density at radius 1 is 0.629 bits per heavy atom. The van der Waals surface area contributed by atoms with Crippen molar-refractivity contribution in [3.8, 4) is 23.2 Å². The molecule has 7 rings (SSSR count). The van der Waals surface area contributed by atoms with Gasteiger partial charge in [0.25, 0.3) is 11.1 Å². The zero-order valence-corrected chi connectivity index (χ0v) is 39.0. The number of hydrogen-bond donors (Lipinski definition) is 0. The maximum Gasteiger partial charge on any atom is 0.289 e. The molecule has 328 valence electrons. The van der Waals surface area contributed by atoms with Gasteiger partial charge in [-0.2, -0.15) is 28.2 Å². The third-order valence-corrected chi connectivity index (χ3v) is 16.0. The highest BCUT2D eigenvalue weighted by Crippen LogP contribution is 2.26. The minimum Gasteiger partial charge on any atom is -0.367 e. The third-order valence-electron chi connectivity index (χ3n) is 10.2. The highest BCUT2D eigenvalue weighted by molar-refractivity contribution is 9.10. The molecule has 4 heterocycles. The molecule has 20 heteroatoms. The van der Waals surface area contributed by atoms with Crippen molar-refractivity contribution in [3.63, 3.8) is 0 Å². The van der Waals surface area contributed by atoms with Crippen molar-refractivity contribution in [3.05, 3.63) is 137 Å². The van der Waals surface area contributed by atoms with Crippen LogP contribution in [0.5, 0.6) is 0 Å². The van der Waals surface area contributed by atoms with E-state index in [0.29, 0.717) is 95.2 Å². The topological polar surface area (TPSA) is 151 Å². The molecule has 0 spiro atoms. The number of hydrogen-bond acceptors (Lipinski definition) is 10. The summed E-state index contributed by atoms with van der Waals surface area (Å²) in [6, 6.07) is 19.3. The van der Waals surface area contributed by atoms with Gasteiger partial charge in [-0.05, 0) is 104 Å². The van der Waals surface area contributed by atoms with Crippen molar-refractivity contribution in [2.24, 2.45) is 0 Å². The van der Waals surface area contributed by atoms with Gasteiger partial charge in [0, 0.05) is 68.0 Å². The smallest absolute Gasteiger partial charge is 0.289 e. The molecular formula is C42H44BrCl2FN8O6S2. The van der Waals surface area contributed by atoms with Gasteiger partial charge < -0.3 is 9.80 Å². The number of sulfonamides is 2. The summed E-state index contributed by atoms with van der Waals surface area (Å²) in [5.74, 6) is 5.50. The monoisotopic (exact) mass is 988 g/mol. The summed E-state index contributed by atoms with van der Waals surface area (Å²) in [7, 11) is -6.64. The van der Waals surface area contributed by atoms with E-state index < -0.39 is 36.1 Å². The number of halogens is 4. The predicted molar refractivity (Wildman–Crippen MR) is 245 cm³/mol. The Morgan fingerprint density at radius 2 is 1.06 bits per heavy atom. The van der Waals surface area contributed by atoms with E-state index in [2.05, 4.69) is 38.0 Å². The molecule has 5 aromatic rings. The highest BCUT2D eigenvalue weighted by atomic mass is 79.9. The van der Waals surface area contributed by atoms with E-state index in [1.165, 1.54) is 42.2 Å². The summed E-state index contributed by atoms with van der Waals surface area (Å²) < 4.78 is 68.8. The van der Waals surface area contributed by atoms with Crippen LogP contribution < -0.4 is 20.9 Å². The van der Waals surface area contributed by atoms with Crippen LogP contribution in [0.25, 0.3) is 11.4 Å². The minimum absolute atomic E-state index is 0.212. The summed E-state index contributed by atoms with van der Waals surface area (Å²) in [6.45, 7) is 9.78. The average Bonchev–Trinajstić information content (AvgIpc) is 3.25. The molecular weight excluding hydrogens is 946 g/mol. The summed E-state index contributed by atoms with van der Waals surface area (Å²) in [6.07, 6.45) is 3.17. The predicted octanol–water partition coefficient (Wildman–Crippen LogP) is 5.79. The van der Waals surface area contributed by atoms with E-state index in [1.54, 1.807) is 88.6 Å². The van der Waals surface area contributed by atoms with Crippen LogP contribution in [0.3, 0.4) is 0 Å². The van der Waals surface area contributed by atoms with Gasteiger partial charge in [0.05, 0.1) is 45.6 Å². The molecule has 2 aliphatic rings. The first-order valence-corrected chi connectivity index (χ1v) is 24.1. The van der Waals surface area contributed by atoms with Gasteiger partial charge in [-0.3, -0.25) is 9.59 Å². The van der Waals surface area contributed by atoms with Crippen LogP contribution >= 0.6 is 39.1 Å². The van der Waals surface area contributed by atoms with Crippen LogP contribution in [0.2, 0.25) is 10.0 Å². The Balaban J connectivity index is 0.000000214. The van der Waals surface area contributed by atoms with Gasteiger partial charge in [0.1, 0.15) is 15.9 Å². The van der Waals surface area contributed by atoms with E-state index in [-0.39, 0.29) is 16.9 Å². The van der Waals surface area contributed by atoms with E-state index in [1.807, 2.05) is 9.80 Å². The van der Waals surface area contributed by atoms with Gasteiger partial charge in [0.2, 0.25) is 20.0 Å². The molecule has 0 atom stereocenters. The summed E-state index contributed by atoms with van der Waals surface area (Å²) in [5, 5.41) is 8.63. The third kappa shape index (κ3) is 10.6. The summed E-state index contributed by atoms with van der Waals surface area (Å²) in [4.78, 5) is 30.1. The second-order valence-corrected chi connectivity index (χ2v) is 21.5. The minimum atomic E-state index is -3.37. The fourth-order valence-electron chi connectivity index (χ4n) is 6.66. The maximum atomic E-state index is 13.5.